The van der Waals surface area contributed by atoms with Gasteiger partial charge in [-0.3, -0.25) is 9.59 Å². The molecule has 384 valence electrons. The van der Waals surface area contributed by atoms with Crippen LogP contribution in [0.1, 0.15) is 194 Å². The molecule has 0 aliphatic carbocycles. The Hall–Kier alpha value is -3.16. The van der Waals surface area contributed by atoms with E-state index in [0.717, 1.165) is 89.9 Å². The first-order chi connectivity index (χ1) is 32.7. The predicted molar refractivity (Wildman–Crippen MR) is 273 cm³/mol. The first-order valence-corrected chi connectivity index (χ1v) is 26.4. The van der Waals surface area contributed by atoms with Gasteiger partial charge in [0.15, 0.2) is 12.4 Å². The largest absolute Gasteiger partial charge is 0.454 e. The number of hydrogen-bond acceptors (Lipinski definition) is 10. The van der Waals surface area contributed by atoms with E-state index in [4.69, 9.17) is 14.2 Å². The number of aliphatic hydroxyl groups excluding tert-OH is 5. The number of carbonyl (C=O) groups excluding carboxylic acids is 2. The molecule has 11 heteroatoms. The summed E-state index contributed by atoms with van der Waals surface area (Å²) in [5.41, 5.74) is 0. The van der Waals surface area contributed by atoms with Gasteiger partial charge in [0.1, 0.15) is 24.4 Å². The Morgan fingerprint density at radius 3 is 1.60 bits per heavy atom. The van der Waals surface area contributed by atoms with E-state index < -0.39 is 67.4 Å². The van der Waals surface area contributed by atoms with Crippen LogP contribution in [0.4, 0.5) is 0 Å². The first kappa shape index (κ1) is 61.9. The number of unbranched alkanes of at least 4 members (excludes halogenated alkanes) is 20. The van der Waals surface area contributed by atoms with Crippen molar-refractivity contribution in [3.8, 4) is 0 Å². The van der Waals surface area contributed by atoms with Gasteiger partial charge in [-0.15, -0.1) is 0 Å². The zero-order valence-corrected chi connectivity index (χ0v) is 42.0. The summed E-state index contributed by atoms with van der Waals surface area (Å²) in [6.07, 6.45) is 44.9. The summed E-state index contributed by atoms with van der Waals surface area (Å²) in [6, 6.07) is -1.04. The van der Waals surface area contributed by atoms with E-state index in [0.29, 0.717) is 12.8 Å². The van der Waals surface area contributed by atoms with Gasteiger partial charge in [-0.05, 0) is 64.2 Å². The summed E-state index contributed by atoms with van der Waals surface area (Å²) in [6.45, 7) is 5.45. The second-order valence-electron chi connectivity index (χ2n) is 18.0. The highest BCUT2D eigenvalue weighted by molar-refractivity contribution is 5.80. The average molecular weight is 942 g/mol. The number of carbonyl (C=O) groups is 2. The lowest BCUT2D eigenvalue weighted by molar-refractivity contribution is -0.305. The summed E-state index contributed by atoms with van der Waals surface area (Å²) in [4.78, 5) is 26.3. The Balaban J connectivity index is 2.82. The molecule has 8 atom stereocenters. The lowest BCUT2D eigenvalue weighted by Crippen LogP contribution is -2.61. The molecule has 6 N–H and O–H groups in total. The Kier molecular flexibility index (Phi) is 40.7. The van der Waals surface area contributed by atoms with Crippen molar-refractivity contribution in [2.24, 2.45) is 0 Å². The molecule has 0 aromatic heterocycles. The smallest absolute Gasteiger partial charge is 0.306 e. The van der Waals surface area contributed by atoms with Crippen LogP contribution in [0.15, 0.2) is 85.1 Å². The zero-order chi connectivity index (χ0) is 49.0. The minimum absolute atomic E-state index is 0.0937. The summed E-state index contributed by atoms with van der Waals surface area (Å²) in [7, 11) is 0. The molecule has 0 saturated carbocycles. The molecule has 0 aromatic rings. The van der Waals surface area contributed by atoms with Crippen LogP contribution in [0.3, 0.4) is 0 Å². The summed E-state index contributed by atoms with van der Waals surface area (Å²) < 4.78 is 17.5. The zero-order valence-electron chi connectivity index (χ0n) is 42.0. The molecule has 0 aromatic carbocycles. The number of hydrogen-bond donors (Lipinski definition) is 6. The minimum Gasteiger partial charge on any atom is -0.454 e. The molecule has 1 aliphatic heterocycles. The molecular formula is C56H95NO10. The second-order valence-corrected chi connectivity index (χ2v) is 18.0. The second kappa shape index (κ2) is 44.1. The Labute approximate surface area is 406 Å². The number of rotatable bonds is 42. The summed E-state index contributed by atoms with van der Waals surface area (Å²) in [5.74, 6) is -1.25. The minimum atomic E-state index is -1.63. The van der Waals surface area contributed by atoms with E-state index in [1.165, 1.54) is 57.8 Å². The molecular weight excluding hydrogens is 847 g/mol. The van der Waals surface area contributed by atoms with Crippen molar-refractivity contribution in [1.29, 1.82) is 0 Å². The summed E-state index contributed by atoms with van der Waals surface area (Å²) in [5, 5.41) is 56.6. The van der Waals surface area contributed by atoms with Crippen molar-refractivity contribution in [3.05, 3.63) is 85.1 Å². The number of amides is 1. The number of nitrogens with one attached hydrogen (secondary N) is 1. The maximum absolute atomic E-state index is 13.3. The van der Waals surface area contributed by atoms with Crippen LogP contribution >= 0.6 is 0 Å². The van der Waals surface area contributed by atoms with Crippen molar-refractivity contribution in [1.82, 2.24) is 5.32 Å². The van der Waals surface area contributed by atoms with E-state index in [1.807, 2.05) is 48.6 Å². The maximum atomic E-state index is 13.3. The van der Waals surface area contributed by atoms with Gasteiger partial charge in [0.25, 0.3) is 0 Å². The van der Waals surface area contributed by atoms with E-state index >= 15 is 0 Å². The van der Waals surface area contributed by atoms with Crippen LogP contribution < -0.4 is 5.32 Å². The van der Waals surface area contributed by atoms with E-state index in [1.54, 1.807) is 6.08 Å². The average Bonchev–Trinajstić information content (AvgIpc) is 3.32. The van der Waals surface area contributed by atoms with Crippen LogP contribution in [0.2, 0.25) is 0 Å². The summed E-state index contributed by atoms with van der Waals surface area (Å²) >= 11 is 0. The topological polar surface area (TPSA) is 175 Å². The Morgan fingerprint density at radius 2 is 1.07 bits per heavy atom. The Bertz CT molecular complexity index is 1410. The lowest BCUT2D eigenvalue weighted by Gasteiger charge is -2.41. The fourth-order valence-electron chi connectivity index (χ4n) is 7.71. The van der Waals surface area contributed by atoms with E-state index in [9.17, 15) is 35.1 Å². The molecule has 1 aliphatic rings. The third kappa shape index (κ3) is 33.1. The van der Waals surface area contributed by atoms with Gasteiger partial charge in [-0.25, -0.2) is 0 Å². The molecule has 11 nitrogen and oxygen atoms in total. The van der Waals surface area contributed by atoms with Crippen LogP contribution in [-0.2, 0) is 23.8 Å². The molecule has 0 bridgehead atoms. The fraction of sp³-hybridized carbons (Fsp3) is 0.714. The lowest BCUT2D eigenvalue weighted by atomic mass is 9.99. The standard InChI is InChI=1S/C56H95NO10/c1-4-7-10-13-16-19-22-25-28-30-33-36-39-42-48(59)47(57-55(64)49(60)43-40-37-34-31-27-24-21-18-15-12-9-6-3)46-65-56-54(53(63)52(62)50(45-58)66-56)67-51(61)44-41-38-35-32-29-26-23-20-17-14-11-8-5-2/h8-9,11-12,14-15,17-18,20-21,23-24,39,42,47-50,52-54,56,58-60,62-63H,4-7,10,13,16,19,22,25-38,40-41,43-46H2,1-3H3,(H,57,64)/b11-8+,12-9+,17-14+,18-15+,23-20-,24-21-,42-39+. The SMILES string of the molecule is CC/C=C/C=C/C=C\CCCCCCCC(=O)OC1C(OCC(NC(=O)C(O)CCCCCC\C=C/C=C/C=C/CC)C(O)/C=C/CCCCCCCCCCCCC)OC(CO)C(O)C1O. The third-order valence-electron chi connectivity index (χ3n) is 11.9. The molecule has 8 unspecified atom stereocenters. The highest BCUT2D eigenvalue weighted by atomic mass is 16.7. The van der Waals surface area contributed by atoms with Gasteiger partial charge < -0.3 is 45.1 Å². The molecule has 0 radical (unpaired) electrons. The third-order valence-corrected chi connectivity index (χ3v) is 11.9. The fourth-order valence-corrected chi connectivity index (χ4v) is 7.71. The highest BCUT2D eigenvalue weighted by Gasteiger charge is 2.47. The molecule has 1 rings (SSSR count). The van der Waals surface area contributed by atoms with Gasteiger partial charge in [0.2, 0.25) is 5.91 Å². The molecule has 67 heavy (non-hydrogen) atoms. The number of allylic oxidation sites excluding steroid dienone is 13. The van der Waals surface area contributed by atoms with Crippen molar-refractivity contribution in [2.75, 3.05) is 13.2 Å². The monoisotopic (exact) mass is 942 g/mol. The van der Waals surface area contributed by atoms with E-state index in [-0.39, 0.29) is 19.4 Å². The molecule has 1 fully saturated rings. The van der Waals surface area contributed by atoms with Gasteiger partial charge in [-0.1, -0.05) is 209 Å². The molecule has 1 amide bonds. The predicted octanol–water partition coefficient (Wildman–Crippen LogP) is 11.0. The van der Waals surface area contributed by atoms with Crippen LogP contribution in [0.25, 0.3) is 0 Å². The number of esters is 1. The maximum Gasteiger partial charge on any atom is 0.306 e. The quantitative estimate of drug-likeness (QED) is 0.0150. The van der Waals surface area contributed by atoms with Crippen LogP contribution in [0, 0.1) is 0 Å². The molecule has 0 spiro atoms. The number of aliphatic hydroxyl groups is 5. The normalized spacial score (nSPS) is 20.7. The van der Waals surface area contributed by atoms with Crippen molar-refractivity contribution >= 4 is 11.9 Å². The van der Waals surface area contributed by atoms with Gasteiger partial charge in [0, 0.05) is 6.42 Å². The number of ether oxygens (including phenoxy) is 3. The van der Waals surface area contributed by atoms with Crippen LogP contribution in [0.5, 0.6) is 0 Å². The Morgan fingerprint density at radius 1 is 0.597 bits per heavy atom. The van der Waals surface area contributed by atoms with Crippen LogP contribution in [-0.4, -0.2) is 99.6 Å². The first-order valence-electron chi connectivity index (χ1n) is 26.4. The molecule has 1 saturated heterocycles. The molecule has 1 heterocycles. The van der Waals surface area contributed by atoms with Crippen molar-refractivity contribution < 1.29 is 49.3 Å². The van der Waals surface area contributed by atoms with Gasteiger partial charge >= 0.3 is 5.97 Å². The van der Waals surface area contributed by atoms with Crippen molar-refractivity contribution in [3.63, 3.8) is 0 Å². The highest BCUT2D eigenvalue weighted by Crippen LogP contribution is 2.26. The van der Waals surface area contributed by atoms with Gasteiger partial charge in [0.05, 0.1) is 25.4 Å². The van der Waals surface area contributed by atoms with Gasteiger partial charge in [-0.2, -0.15) is 0 Å². The van der Waals surface area contributed by atoms with E-state index in [2.05, 4.69) is 56.5 Å². The van der Waals surface area contributed by atoms with Crippen molar-refractivity contribution in [2.45, 2.75) is 243 Å².